The highest BCUT2D eigenvalue weighted by Crippen LogP contribution is 2.27. The zero-order valence-corrected chi connectivity index (χ0v) is 8.09. The second kappa shape index (κ2) is 4.17. The van der Waals surface area contributed by atoms with E-state index < -0.39 is 5.60 Å². The van der Waals surface area contributed by atoms with Gasteiger partial charge in [-0.05, 0) is 26.7 Å². The summed E-state index contributed by atoms with van der Waals surface area (Å²) in [6, 6.07) is 0. The van der Waals surface area contributed by atoms with E-state index in [0.717, 1.165) is 12.8 Å². The molecular formula is C12H14O. The number of allylic oxidation sites excluding steroid dienone is 1. The van der Waals surface area contributed by atoms with Crippen molar-refractivity contribution in [1.29, 1.82) is 0 Å². The smallest absolute Gasteiger partial charge is 0.193 e. The van der Waals surface area contributed by atoms with Gasteiger partial charge in [-0.3, -0.25) is 0 Å². The molecular weight excluding hydrogens is 160 g/mol. The fourth-order valence-electron chi connectivity index (χ4n) is 1.58. The molecule has 1 rings (SSSR count). The molecule has 68 valence electrons. The van der Waals surface area contributed by atoms with E-state index in [2.05, 4.69) is 29.8 Å². The number of hydrogen-bond donors (Lipinski definition) is 1. The first-order valence-corrected chi connectivity index (χ1v) is 4.50. The van der Waals surface area contributed by atoms with Gasteiger partial charge in [-0.15, -0.1) is 11.8 Å². The van der Waals surface area contributed by atoms with Gasteiger partial charge in [0.05, 0.1) is 0 Å². The van der Waals surface area contributed by atoms with Gasteiger partial charge in [-0.2, -0.15) is 0 Å². The van der Waals surface area contributed by atoms with Gasteiger partial charge in [0.1, 0.15) is 0 Å². The Morgan fingerprint density at radius 2 is 1.92 bits per heavy atom. The topological polar surface area (TPSA) is 20.2 Å². The summed E-state index contributed by atoms with van der Waals surface area (Å²) in [4.78, 5) is 0. The Kier molecular flexibility index (Phi) is 3.18. The molecule has 0 saturated heterocycles. The van der Waals surface area contributed by atoms with Crippen molar-refractivity contribution in [2.24, 2.45) is 5.92 Å². The van der Waals surface area contributed by atoms with Crippen molar-refractivity contribution in [3.8, 4) is 23.7 Å². The average molecular weight is 174 g/mol. The Morgan fingerprint density at radius 1 is 1.31 bits per heavy atom. The molecule has 13 heavy (non-hydrogen) atoms. The summed E-state index contributed by atoms with van der Waals surface area (Å²) in [5.74, 6) is 11.1. The van der Waals surface area contributed by atoms with Crippen LogP contribution in [0.1, 0.15) is 26.7 Å². The first-order chi connectivity index (χ1) is 6.23. The van der Waals surface area contributed by atoms with Crippen molar-refractivity contribution in [3.05, 3.63) is 12.2 Å². The van der Waals surface area contributed by atoms with Crippen LogP contribution in [0, 0.1) is 29.6 Å². The maximum atomic E-state index is 10.1. The Bertz CT molecular complexity index is 297. The largest absolute Gasteiger partial charge is 0.367 e. The monoisotopic (exact) mass is 174 g/mol. The van der Waals surface area contributed by atoms with Gasteiger partial charge >= 0.3 is 0 Å². The molecule has 0 bridgehead atoms. The summed E-state index contributed by atoms with van der Waals surface area (Å²) in [7, 11) is 0. The van der Waals surface area contributed by atoms with Crippen molar-refractivity contribution < 1.29 is 5.11 Å². The van der Waals surface area contributed by atoms with E-state index in [9.17, 15) is 5.11 Å². The lowest BCUT2D eigenvalue weighted by Gasteiger charge is -2.21. The maximum absolute atomic E-state index is 10.1. The van der Waals surface area contributed by atoms with Gasteiger partial charge in [0.2, 0.25) is 0 Å². The van der Waals surface area contributed by atoms with Crippen LogP contribution in [0.25, 0.3) is 0 Å². The highest BCUT2D eigenvalue weighted by Gasteiger charge is 2.32. The minimum Gasteiger partial charge on any atom is -0.367 e. The highest BCUT2D eigenvalue weighted by atomic mass is 16.3. The molecule has 1 N–H and O–H groups in total. The van der Waals surface area contributed by atoms with Crippen molar-refractivity contribution in [2.45, 2.75) is 32.3 Å². The zero-order chi connectivity index (χ0) is 9.73. The Balaban J connectivity index is 2.91. The van der Waals surface area contributed by atoms with Crippen LogP contribution >= 0.6 is 0 Å². The highest BCUT2D eigenvalue weighted by molar-refractivity contribution is 5.33. The quantitative estimate of drug-likeness (QED) is 0.474. The maximum Gasteiger partial charge on any atom is 0.193 e. The summed E-state index contributed by atoms with van der Waals surface area (Å²) in [6.07, 6.45) is 6.04. The van der Waals surface area contributed by atoms with E-state index in [-0.39, 0.29) is 5.92 Å². The van der Waals surface area contributed by atoms with Crippen molar-refractivity contribution >= 4 is 0 Å². The van der Waals surface area contributed by atoms with Crippen molar-refractivity contribution in [2.75, 3.05) is 0 Å². The molecule has 0 radical (unpaired) electrons. The van der Waals surface area contributed by atoms with Crippen molar-refractivity contribution in [1.82, 2.24) is 0 Å². The molecule has 0 aromatic rings. The van der Waals surface area contributed by atoms with Crippen LogP contribution in [-0.2, 0) is 0 Å². The lowest BCUT2D eigenvalue weighted by molar-refractivity contribution is 0.116. The minimum atomic E-state index is -1.13. The van der Waals surface area contributed by atoms with Crippen LogP contribution in [0.4, 0.5) is 0 Å². The fraction of sp³-hybridized carbons (Fsp3) is 0.500. The SMILES string of the molecule is CC#CC(O)(C#CC)[C@@H]1C=CCC1. The Morgan fingerprint density at radius 3 is 2.31 bits per heavy atom. The van der Waals surface area contributed by atoms with Crippen LogP contribution in [0.2, 0.25) is 0 Å². The molecule has 0 heterocycles. The van der Waals surface area contributed by atoms with Crippen molar-refractivity contribution in [3.63, 3.8) is 0 Å². The summed E-state index contributed by atoms with van der Waals surface area (Å²) in [6.45, 7) is 3.45. The minimum absolute atomic E-state index is 0.0763. The summed E-state index contributed by atoms with van der Waals surface area (Å²) in [5.41, 5.74) is -1.13. The predicted molar refractivity (Wildman–Crippen MR) is 53.7 cm³/mol. The third-order valence-corrected chi connectivity index (χ3v) is 2.18. The normalized spacial score (nSPS) is 20.1. The third-order valence-electron chi connectivity index (χ3n) is 2.18. The van der Waals surface area contributed by atoms with E-state index in [1.54, 1.807) is 13.8 Å². The zero-order valence-electron chi connectivity index (χ0n) is 8.09. The average Bonchev–Trinajstić information content (AvgIpc) is 2.57. The van der Waals surface area contributed by atoms with Crippen LogP contribution in [0.15, 0.2) is 12.2 Å². The molecule has 0 aromatic heterocycles. The van der Waals surface area contributed by atoms with E-state index >= 15 is 0 Å². The molecule has 1 heteroatoms. The second-order valence-corrected chi connectivity index (χ2v) is 3.13. The van der Waals surface area contributed by atoms with Gasteiger partial charge < -0.3 is 5.11 Å². The van der Waals surface area contributed by atoms with Gasteiger partial charge in [0.15, 0.2) is 5.60 Å². The van der Waals surface area contributed by atoms with Crippen LogP contribution in [-0.4, -0.2) is 10.7 Å². The second-order valence-electron chi connectivity index (χ2n) is 3.13. The predicted octanol–water partition coefficient (Wildman–Crippen LogP) is 1.73. The Hall–Kier alpha value is -1.18. The molecule has 0 spiro atoms. The van der Waals surface area contributed by atoms with Crippen LogP contribution < -0.4 is 0 Å². The van der Waals surface area contributed by atoms with E-state index in [1.807, 2.05) is 6.08 Å². The fourth-order valence-corrected chi connectivity index (χ4v) is 1.58. The molecule has 0 aromatic carbocycles. The van der Waals surface area contributed by atoms with Gasteiger partial charge in [0.25, 0.3) is 0 Å². The number of hydrogen-bond acceptors (Lipinski definition) is 1. The van der Waals surface area contributed by atoms with E-state index in [1.165, 1.54) is 0 Å². The van der Waals surface area contributed by atoms with Crippen LogP contribution in [0.3, 0.4) is 0 Å². The molecule has 0 amide bonds. The van der Waals surface area contributed by atoms with E-state index in [0.29, 0.717) is 0 Å². The lowest BCUT2D eigenvalue weighted by Crippen LogP contribution is -2.32. The number of aliphatic hydroxyl groups is 1. The first-order valence-electron chi connectivity index (χ1n) is 4.50. The third kappa shape index (κ3) is 2.14. The molecule has 0 saturated carbocycles. The first kappa shape index (κ1) is 9.90. The molecule has 0 aliphatic heterocycles. The van der Waals surface area contributed by atoms with E-state index in [4.69, 9.17) is 0 Å². The molecule has 1 aliphatic carbocycles. The molecule has 0 fully saturated rings. The molecule has 1 atom stereocenters. The summed E-state index contributed by atoms with van der Waals surface area (Å²) >= 11 is 0. The molecule has 0 unspecified atom stereocenters. The summed E-state index contributed by atoms with van der Waals surface area (Å²) in [5, 5.41) is 10.1. The lowest BCUT2D eigenvalue weighted by atomic mass is 9.88. The van der Waals surface area contributed by atoms with Gasteiger partial charge in [-0.25, -0.2) is 0 Å². The molecule has 1 aliphatic rings. The van der Waals surface area contributed by atoms with Gasteiger partial charge in [0, 0.05) is 5.92 Å². The number of rotatable bonds is 1. The standard InChI is InChI=1S/C12H14O/c1-3-9-12(13,10-4-2)11-7-5-6-8-11/h5,7,11,13H,6,8H2,1-2H3/t11-/m1/s1. The summed E-state index contributed by atoms with van der Waals surface area (Å²) < 4.78 is 0. The van der Waals surface area contributed by atoms with Crippen LogP contribution in [0.5, 0.6) is 0 Å². The molecule has 1 nitrogen and oxygen atoms in total. The Labute approximate surface area is 79.9 Å². The van der Waals surface area contributed by atoms with Gasteiger partial charge in [-0.1, -0.05) is 24.0 Å².